The van der Waals surface area contributed by atoms with Gasteiger partial charge in [-0.1, -0.05) is 159 Å². The molecule has 0 fully saturated rings. The number of furan rings is 1. The lowest BCUT2D eigenvalue weighted by molar-refractivity contribution is 0.660. The Kier molecular flexibility index (Phi) is 7.84. The zero-order valence-corrected chi connectivity index (χ0v) is 32.3. The summed E-state index contributed by atoms with van der Waals surface area (Å²) in [6, 6.07) is 69.1. The fourth-order valence-electron chi connectivity index (χ4n) is 8.92. The molecule has 8 aromatic carbocycles. The van der Waals surface area contributed by atoms with Crippen LogP contribution < -0.4 is 0 Å². The predicted octanol–water partition coefficient (Wildman–Crippen LogP) is 14.7. The van der Waals surface area contributed by atoms with Crippen molar-refractivity contribution >= 4 is 21.9 Å². The van der Waals surface area contributed by atoms with Crippen LogP contribution in [0.1, 0.15) is 25.0 Å². The summed E-state index contributed by atoms with van der Waals surface area (Å²) in [7, 11) is 0. The van der Waals surface area contributed by atoms with Crippen LogP contribution in [0.4, 0.5) is 0 Å². The summed E-state index contributed by atoms with van der Waals surface area (Å²) in [6.45, 7) is 4.67. The molecule has 3 heteroatoms. The monoisotopic (exact) mass is 742 g/mol. The molecule has 2 aromatic heterocycles. The Labute approximate surface area is 338 Å². The highest BCUT2D eigenvalue weighted by Gasteiger charge is 2.35. The quantitative estimate of drug-likeness (QED) is 0.170. The van der Waals surface area contributed by atoms with Crippen molar-refractivity contribution in [3.05, 3.63) is 205 Å². The van der Waals surface area contributed by atoms with Crippen molar-refractivity contribution in [3.63, 3.8) is 0 Å². The largest absolute Gasteiger partial charge is 0.456 e. The normalized spacial score (nSPS) is 12.8. The number of fused-ring (bicyclic) bond motifs is 6. The van der Waals surface area contributed by atoms with Gasteiger partial charge in [0.25, 0.3) is 0 Å². The topological polar surface area (TPSA) is 38.9 Å². The fraction of sp³-hybridized carbons (Fsp3) is 0.0545. The van der Waals surface area contributed by atoms with Crippen molar-refractivity contribution in [2.75, 3.05) is 0 Å². The third-order valence-electron chi connectivity index (χ3n) is 11.9. The first-order valence-electron chi connectivity index (χ1n) is 19.9. The van der Waals surface area contributed by atoms with E-state index >= 15 is 0 Å². The molecule has 0 atom stereocenters. The molecule has 0 saturated heterocycles. The fourth-order valence-corrected chi connectivity index (χ4v) is 8.92. The number of nitrogens with zero attached hydrogens (tertiary/aromatic N) is 2. The molecular formula is C55H38N2O. The number of para-hydroxylation sites is 1. The van der Waals surface area contributed by atoms with E-state index in [1.165, 1.54) is 27.8 Å². The molecule has 0 N–H and O–H groups in total. The molecule has 3 nitrogen and oxygen atoms in total. The molecule has 0 aliphatic heterocycles. The molecule has 0 spiro atoms. The van der Waals surface area contributed by atoms with E-state index in [4.69, 9.17) is 14.4 Å². The Hall–Kier alpha value is -7.36. The summed E-state index contributed by atoms with van der Waals surface area (Å²) in [5.74, 6) is 0.686. The van der Waals surface area contributed by atoms with E-state index in [2.05, 4.69) is 178 Å². The van der Waals surface area contributed by atoms with E-state index in [1.807, 2.05) is 30.3 Å². The van der Waals surface area contributed by atoms with Crippen molar-refractivity contribution in [1.29, 1.82) is 0 Å². The molecule has 11 rings (SSSR count). The van der Waals surface area contributed by atoms with Gasteiger partial charge in [0.05, 0.1) is 11.4 Å². The molecule has 10 aromatic rings. The van der Waals surface area contributed by atoms with Gasteiger partial charge in [-0.15, -0.1) is 0 Å². The van der Waals surface area contributed by atoms with Crippen LogP contribution in [0.3, 0.4) is 0 Å². The Morgan fingerprint density at radius 3 is 1.74 bits per heavy atom. The summed E-state index contributed by atoms with van der Waals surface area (Å²) in [6.07, 6.45) is 0. The summed E-state index contributed by atoms with van der Waals surface area (Å²) in [4.78, 5) is 10.6. The second-order valence-electron chi connectivity index (χ2n) is 15.8. The van der Waals surface area contributed by atoms with Gasteiger partial charge in [0.15, 0.2) is 5.82 Å². The van der Waals surface area contributed by atoms with Gasteiger partial charge < -0.3 is 4.42 Å². The van der Waals surface area contributed by atoms with Gasteiger partial charge in [-0.25, -0.2) is 9.97 Å². The Morgan fingerprint density at radius 2 is 0.931 bits per heavy atom. The highest BCUT2D eigenvalue weighted by molar-refractivity contribution is 6.06. The zero-order chi connectivity index (χ0) is 38.8. The van der Waals surface area contributed by atoms with Crippen LogP contribution in [0.5, 0.6) is 0 Å². The minimum Gasteiger partial charge on any atom is -0.456 e. The lowest BCUT2D eigenvalue weighted by Gasteiger charge is -2.22. The number of aromatic nitrogens is 2. The van der Waals surface area contributed by atoms with Crippen molar-refractivity contribution in [3.8, 4) is 78.4 Å². The van der Waals surface area contributed by atoms with E-state index in [1.54, 1.807) is 0 Å². The third-order valence-corrected chi connectivity index (χ3v) is 11.9. The van der Waals surface area contributed by atoms with Gasteiger partial charge in [0.1, 0.15) is 11.2 Å². The smallest absolute Gasteiger partial charge is 0.160 e. The van der Waals surface area contributed by atoms with Gasteiger partial charge in [-0.2, -0.15) is 0 Å². The molecule has 1 aliphatic rings. The lowest BCUT2D eigenvalue weighted by atomic mass is 9.81. The van der Waals surface area contributed by atoms with Crippen LogP contribution in [0.2, 0.25) is 0 Å². The van der Waals surface area contributed by atoms with Gasteiger partial charge >= 0.3 is 0 Å². The first kappa shape index (κ1) is 33.9. The maximum Gasteiger partial charge on any atom is 0.160 e. The molecule has 0 bridgehead atoms. The van der Waals surface area contributed by atoms with Gasteiger partial charge in [0, 0.05) is 32.9 Å². The molecule has 0 saturated carbocycles. The van der Waals surface area contributed by atoms with Crippen LogP contribution in [0.25, 0.3) is 100 Å². The second-order valence-corrected chi connectivity index (χ2v) is 15.8. The molecule has 274 valence electrons. The number of hydrogen-bond donors (Lipinski definition) is 0. The molecule has 0 unspecified atom stereocenters. The van der Waals surface area contributed by atoms with E-state index < -0.39 is 0 Å². The predicted molar refractivity (Wildman–Crippen MR) is 239 cm³/mol. The summed E-state index contributed by atoms with van der Waals surface area (Å²) < 4.78 is 6.21. The van der Waals surface area contributed by atoms with E-state index in [9.17, 15) is 0 Å². The van der Waals surface area contributed by atoms with Crippen LogP contribution in [0, 0.1) is 0 Å². The molecular weight excluding hydrogens is 705 g/mol. The van der Waals surface area contributed by atoms with Crippen molar-refractivity contribution in [2.24, 2.45) is 0 Å². The Bertz CT molecular complexity index is 3190. The zero-order valence-electron chi connectivity index (χ0n) is 32.3. The molecule has 58 heavy (non-hydrogen) atoms. The summed E-state index contributed by atoms with van der Waals surface area (Å²) in [5, 5.41) is 2.22. The Balaban J connectivity index is 1.10. The minimum atomic E-state index is -0.101. The molecule has 0 radical (unpaired) electrons. The van der Waals surface area contributed by atoms with Crippen molar-refractivity contribution in [2.45, 2.75) is 19.3 Å². The lowest BCUT2D eigenvalue weighted by Crippen LogP contribution is -2.14. The average Bonchev–Trinajstić information content (AvgIpc) is 3.77. The third kappa shape index (κ3) is 5.66. The standard InChI is InChI=1S/C55H38N2O/c1-55(2)48-23-13-11-20-43(48)44-27-25-38(33-49(44)55)42-19-9-10-21-45(42)51-34-50(56-54(57-51)36-17-7-4-8-18-36)41-30-39(35-15-5-3-6-16-35)29-40(31-41)37-26-28-53-47(32-37)46-22-12-14-24-52(46)58-53/h3-34H,1-2H3. The van der Waals surface area contributed by atoms with E-state index in [0.29, 0.717) is 5.82 Å². The van der Waals surface area contributed by atoms with Gasteiger partial charge in [-0.05, 0) is 104 Å². The van der Waals surface area contributed by atoms with Crippen LogP contribution in [0.15, 0.2) is 199 Å². The first-order chi connectivity index (χ1) is 28.5. The first-order valence-corrected chi connectivity index (χ1v) is 19.9. The van der Waals surface area contributed by atoms with Gasteiger partial charge in [-0.3, -0.25) is 0 Å². The van der Waals surface area contributed by atoms with Crippen LogP contribution in [-0.2, 0) is 5.41 Å². The van der Waals surface area contributed by atoms with E-state index in [0.717, 1.165) is 77.8 Å². The highest BCUT2D eigenvalue weighted by atomic mass is 16.3. The number of hydrogen-bond acceptors (Lipinski definition) is 3. The number of benzene rings is 8. The Morgan fingerprint density at radius 1 is 0.345 bits per heavy atom. The summed E-state index contributed by atoms with van der Waals surface area (Å²) >= 11 is 0. The molecule has 2 heterocycles. The highest BCUT2D eigenvalue weighted by Crippen LogP contribution is 2.50. The minimum absolute atomic E-state index is 0.101. The average molecular weight is 743 g/mol. The van der Waals surface area contributed by atoms with Crippen molar-refractivity contribution in [1.82, 2.24) is 9.97 Å². The van der Waals surface area contributed by atoms with Crippen LogP contribution >= 0.6 is 0 Å². The van der Waals surface area contributed by atoms with Crippen molar-refractivity contribution < 1.29 is 4.42 Å². The van der Waals surface area contributed by atoms with Crippen LogP contribution in [-0.4, -0.2) is 9.97 Å². The summed E-state index contributed by atoms with van der Waals surface area (Å²) in [5.41, 5.74) is 18.6. The van der Waals surface area contributed by atoms with E-state index in [-0.39, 0.29) is 5.41 Å². The number of rotatable bonds is 6. The SMILES string of the molecule is CC1(C)c2ccccc2-c2ccc(-c3ccccc3-c3cc(-c4cc(-c5ccccc5)cc(-c5ccc6oc7ccccc7c6c5)c4)nc(-c4ccccc4)n3)cc21. The second kappa shape index (κ2) is 13.4. The van der Waals surface area contributed by atoms with Gasteiger partial charge in [0.2, 0.25) is 0 Å². The maximum atomic E-state index is 6.21. The molecule has 0 amide bonds. The maximum absolute atomic E-state index is 6.21. The molecule has 1 aliphatic carbocycles.